The van der Waals surface area contributed by atoms with E-state index in [0.29, 0.717) is 29.8 Å². The molecule has 2 aliphatic heterocycles. The summed E-state index contributed by atoms with van der Waals surface area (Å²) in [6.45, 7) is 3.80. The number of hydrogen-bond donors (Lipinski definition) is 1. The number of aromatic nitrogens is 3. The summed E-state index contributed by atoms with van der Waals surface area (Å²) in [5.74, 6) is -2.64. The van der Waals surface area contributed by atoms with E-state index in [1.165, 1.54) is 39.0 Å². The van der Waals surface area contributed by atoms with E-state index in [1.807, 2.05) is 6.92 Å². The van der Waals surface area contributed by atoms with Crippen molar-refractivity contribution in [2.24, 2.45) is 10.8 Å². The number of carbonyl (C=O) groups is 2. The van der Waals surface area contributed by atoms with Gasteiger partial charge in [0.25, 0.3) is 5.91 Å². The first-order valence-electron chi connectivity index (χ1n) is 11.9. The summed E-state index contributed by atoms with van der Waals surface area (Å²) in [5, 5.41) is 9.64. The number of benzene rings is 1. The van der Waals surface area contributed by atoms with Crippen LogP contribution in [0.25, 0.3) is 5.82 Å². The third-order valence-corrected chi connectivity index (χ3v) is 6.50. The maximum atomic E-state index is 14.5. The highest BCUT2D eigenvalue weighted by Gasteiger charge is 2.39. The Hall–Kier alpha value is -4.42. The van der Waals surface area contributed by atoms with Crippen LogP contribution in [0.1, 0.15) is 46.7 Å². The molecule has 1 aromatic carbocycles. The lowest BCUT2D eigenvalue weighted by Gasteiger charge is -2.41. The van der Waals surface area contributed by atoms with Crippen molar-refractivity contribution in [2.75, 3.05) is 13.1 Å². The van der Waals surface area contributed by atoms with Crippen LogP contribution >= 0.6 is 0 Å². The summed E-state index contributed by atoms with van der Waals surface area (Å²) < 4.78 is 49.1. The SMILES string of the molecule is CCc1nn(-c2cc(OC3CN(C(=O)N4N=CC[C@H]4c4cc(F)cc(F)c4)C3)c(F)cn2)c(C)c1C(N)=O. The van der Waals surface area contributed by atoms with Gasteiger partial charge in [-0.05, 0) is 31.0 Å². The van der Waals surface area contributed by atoms with Crippen LogP contribution in [0, 0.1) is 24.4 Å². The Morgan fingerprint density at radius 3 is 2.47 bits per heavy atom. The molecule has 3 aromatic rings. The predicted molar refractivity (Wildman–Crippen MR) is 129 cm³/mol. The Labute approximate surface area is 215 Å². The number of nitrogens with zero attached hydrogens (tertiary/aromatic N) is 6. The number of likely N-dealkylation sites (tertiary alicyclic amines) is 1. The fourth-order valence-corrected chi connectivity index (χ4v) is 4.60. The Kier molecular flexibility index (Phi) is 6.51. The monoisotopic (exact) mass is 527 g/mol. The van der Waals surface area contributed by atoms with Gasteiger partial charge in [0.05, 0.1) is 42.3 Å². The summed E-state index contributed by atoms with van der Waals surface area (Å²) in [7, 11) is 0. The Morgan fingerprint density at radius 2 is 1.84 bits per heavy atom. The highest BCUT2D eigenvalue weighted by Crippen LogP contribution is 2.32. The molecule has 1 atom stereocenters. The zero-order valence-corrected chi connectivity index (χ0v) is 20.6. The van der Waals surface area contributed by atoms with Gasteiger partial charge in [-0.15, -0.1) is 0 Å². The third-order valence-electron chi connectivity index (χ3n) is 6.50. The molecule has 2 N–H and O–H groups in total. The molecule has 38 heavy (non-hydrogen) atoms. The predicted octanol–water partition coefficient (Wildman–Crippen LogP) is 3.27. The minimum Gasteiger partial charge on any atom is -0.483 e. The lowest BCUT2D eigenvalue weighted by molar-refractivity contribution is 0.0256. The summed E-state index contributed by atoms with van der Waals surface area (Å²) >= 11 is 0. The average molecular weight is 528 g/mol. The van der Waals surface area contributed by atoms with Gasteiger partial charge in [0, 0.05) is 24.8 Å². The van der Waals surface area contributed by atoms with E-state index in [0.717, 1.165) is 12.3 Å². The number of ether oxygens (including phenoxy) is 1. The van der Waals surface area contributed by atoms with E-state index in [1.54, 1.807) is 6.92 Å². The molecule has 2 aliphatic rings. The number of primary amides is 1. The number of halogens is 3. The van der Waals surface area contributed by atoms with Crippen LogP contribution in [0.5, 0.6) is 5.75 Å². The highest BCUT2D eigenvalue weighted by molar-refractivity contribution is 5.95. The van der Waals surface area contributed by atoms with Crippen LogP contribution in [0.4, 0.5) is 18.0 Å². The molecule has 0 bridgehead atoms. The van der Waals surface area contributed by atoms with Crippen LogP contribution in [-0.2, 0) is 6.42 Å². The van der Waals surface area contributed by atoms with Crippen LogP contribution in [0.2, 0.25) is 0 Å². The van der Waals surface area contributed by atoms with Crippen molar-refractivity contribution in [2.45, 2.75) is 38.8 Å². The lowest BCUT2D eigenvalue weighted by atomic mass is 10.0. The zero-order chi connectivity index (χ0) is 27.1. The second-order valence-corrected chi connectivity index (χ2v) is 9.03. The Morgan fingerprint density at radius 1 is 1.13 bits per heavy atom. The van der Waals surface area contributed by atoms with Crippen molar-refractivity contribution in [3.8, 4) is 11.6 Å². The maximum Gasteiger partial charge on any atom is 0.341 e. The number of nitrogens with two attached hydrogens (primary N) is 1. The molecule has 0 aliphatic carbocycles. The maximum absolute atomic E-state index is 14.5. The first kappa shape index (κ1) is 25.2. The van der Waals surface area contributed by atoms with Gasteiger partial charge in [-0.3, -0.25) is 4.79 Å². The van der Waals surface area contributed by atoms with Gasteiger partial charge in [0.1, 0.15) is 17.7 Å². The number of aryl methyl sites for hydroxylation is 1. The number of hydrazone groups is 1. The summed E-state index contributed by atoms with van der Waals surface area (Å²) in [5.41, 5.74) is 7.05. The van der Waals surface area contributed by atoms with E-state index in [9.17, 15) is 22.8 Å². The number of amides is 3. The first-order valence-corrected chi connectivity index (χ1v) is 11.9. The molecule has 198 valence electrons. The second kappa shape index (κ2) is 9.80. The molecule has 2 aromatic heterocycles. The third kappa shape index (κ3) is 4.55. The quantitative estimate of drug-likeness (QED) is 0.528. The molecule has 4 heterocycles. The summed E-state index contributed by atoms with van der Waals surface area (Å²) in [6.07, 6.45) is 2.78. The van der Waals surface area contributed by atoms with Gasteiger partial charge >= 0.3 is 6.03 Å². The van der Waals surface area contributed by atoms with Crippen molar-refractivity contribution in [1.29, 1.82) is 0 Å². The highest BCUT2D eigenvalue weighted by atomic mass is 19.1. The molecular formula is C25H24F3N7O3. The molecule has 0 saturated carbocycles. The molecule has 3 amide bonds. The van der Waals surface area contributed by atoms with Gasteiger partial charge in [-0.2, -0.15) is 10.2 Å². The molecule has 0 unspecified atom stereocenters. The van der Waals surface area contributed by atoms with Gasteiger partial charge in [0.15, 0.2) is 17.4 Å². The summed E-state index contributed by atoms with van der Waals surface area (Å²) in [6, 6.07) is 3.38. The van der Waals surface area contributed by atoms with Crippen molar-refractivity contribution in [3.05, 3.63) is 70.4 Å². The molecular weight excluding hydrogens is 503 g/mol. The molecule has 5 rings (SSSR count). The van der Waals surface area contributed by atoms with Crippen molar-refractivity contribution in [3.63, 3.8) is 0 Å². The number of rotatable bonds is 6. The normalized spacial score (nSPS) is 17.1. The van der Waals surface area contributed by atoms with Crippen LogP contribution in [-0.4, -0.2) is 62.0 Å². The second-order valence-electron chi connectivity index (χ2n) is 9.03. The van der Waals surface area contributed by atoms with Crippen molar-refractivity contribution in [1.82, 2.24) is 24.7 Å². The van der Waals surface area contributed by atoms with Crippen LogP contribution < -0.4 is 10.5 Å². The Balaban J connectivity index is 1.27. The van der Waals surface area contributed by atoms with Gasteiger partial charge < -0.3 is 15.4 Å². The number of carbonyl (C=O) groups excluding carboxylic acids is 2. The topological polar surface area (TPSA) is 119 Å². The van der Waals surface area contributed by atoms with Gasteiger partial charge in [-0.25, -0.2) is 32.6 Å². The Bertz CT molecular complexity index is 1430. The summed E-state index contributed by atoms with van der Waals surface area (Å²) in [4.78, 5) is 30.4. The van der Waals surface area contributed by atoms with Crippen molar-refractivity contribution < 1.29 is 27.5 Å². The van der Waals surface area contributed by atoms with E-state index in [4.69, 9.17) is 10.5 Å². The molecule has 1 saturated heterocycles. The van der Waals surface area contributed by atoms with E-state index < -0.39 is 41.5 Å². The lowest BCUT2D eigenvalue weighted by Crippen LogP contribution is -2.58. The first-order chi connectivity index (χ1) is 18.2. The fourth-order valence-electron chi connectivity index (χ4n) is 4.60. The van der Waals surface area contributed by atoms with E-state index >= 15 is 0 Å². The molecule has 13 heteroatoms. The molecule has 1 fully saturated rings. The van der Waals surface area contributed by atoms with Gasteiger partial charge in [-0.1, -0.05) is 6.92 Å². The van der Waals surface area contributed by atoms with E-state index in [2.05, 4.69) is 15.2 Å². The molecule has 10 nitrogen and oxygen atoms in total. The largest absolute Gasteiger partial charge is 0.483 e. The zero-order valence-electron chi connectivity index (χ0n) is 20.6. The number of hydrogen-bond acceptors (Lipinski definition) is 6. The average Bonchev–Trinajstić information content (AvgIpc) is 3.46. The number of urea groups is 1. The fraction of sp³-hybridized carbons (Fsp3) is 0.320. The minimum atomic E-state index is -0.738. The van der Waals surface area contributed by atoms with E-state index in [-0.39, 0.29) is 30.2 Å². The standard InChI is InChI=1S/C25H24F3N7O3/c1-3-19-23(24(29)36)13(2)34(32-19)22-9-21(18(28)10-30-22)38-17-11-33(12-17)25(37)35-20(4-5-31-35)14-6-15(26)8-16(27)7-14/h5-10,17,20H,3-4,11-12H2,1-2H3,(H2,29,36)/t20-/m0/s1. The number of pyridine rings is 1. The van der Waals surface area contributed by atoms with Crippen molar-refractivity contribution >= 4 is 18.2 Å². The molecule has 0 spiro atoms. The van der Waals surface area contributed by atoms with Gasteiger partial charge in [0.2, 0.25) is 0 Å². The smallest absolute Gasteiger partial charge is 0.341 e. The minimum absolute atomic E-state index is 0.0898. The molecule has 0 radical (unpaired) electrons. The van der Waals surface area contributed by atoms with Crippen LogP contribution in [0.15, 0.2) is 35.6 Å². The van der Waals surface area contributed by atoms with Crippen LogP contribution in [0.3, 0.4) is 0 Å².